The van der Waals surface area contributed by atoms with Crippen LogP contribution in [0.4, 0.5) is 4.39 Å². The highest BCUT2D eigenvalue weighted by molar-refractivity contribution is 7.21. The Morgan fingerprint density at radius 3 is 2.47 bits per heavy atom. The summed E-state index contributed by atoms with van der Waals surface area (Å²) in [5.74, 6) is -1.76. The van der Waals surface area contributed by atoms with Crippen LogP contribution < -0.4 is 16.4 Å². The standard InChI is InChI=1S/C21H20FN3O4S/c1-29-11-14-18-15(22)3-2-4-16(18)30-19(14)21(28)24-9-12-5-7-13(8-6-12)20(27)25-10-17(23)26/h2-8H,9-11H2,1H3,(H2,23,26)(H,24,28)(H,25,27). The number of rotatable bonds is 8. The van der Waals surface area contributed by atoms with Crippen molar-refractivity contribution < 1.29 is 23.5 Å². The normalized spacial score (nSPS) is 10.7. The summed E-state index contributed by atoms with van der Waals surface area (Å²) in [5, 5.41) is 5.62. The van der Waals surface area contributed by atoms with Crippen molar-refractivity contribution >= 4 is 39.1 Å². The van der Waals surface area contributed by atoms with E-state index in [2.05, 4.69) is 10.6 Å². The number of ether oxygens (including phenoxy) is 1. The first-order valence-electron chi connectivity index (χ1n) is 9.03. The molecular weight excluding hydrogens is 409 g/mol. The number of nitrogens with one attached hydrogen (secondary N) is 2. The van der Waals surface area contributed by atoms with Crippen LogP contribution in [-0.4, -0.2) is 31.4 Å². The number of hydrogen-bond acceptors (Lipinski definition) is 5. The van der Waals surface area contributed by atoms with Gasteiger partial charge in [0.2, 0.25) is 5.91 Å². The van der Waals surface area contributed by atoms with Gasteiger partial charge in [0.15, 0.2) is 0 Å². The van der Waals surface area contributed by atoms with Gasteiger partial charge in [0, 0.05) is 34.9 Å². The van der Waals surface area contributed by atoms with E-state index in [1.807, 2.05) is 0 Å². The molecule has 1 heterocycles. The Labute approximate surface area is 176 Å². The maximum Gasteiger partial charge on any atom is 0.262 e. The van der Waals surface area contributed by atoms with Gasteiger partial charge in [-0.15, -0.1) is 11.3 Å². The molecule has 0 aliphatic rings. The summed E-state index contributed by atoms with van der Waals surface area (Å²) < 4.78 is 20.1. The summed E-state index contributed by atoms with van der Waals surface area (Å²) in [6.07, 6.45) is 0. The Morgan fingerprint density at radius 1 is 1.07 bits per heavy atom. The molecule has 0 radical (unpaired) electrons. The van der Waals surface area contributed by atoms with E-state index in [-0.39, 0.29) is 31.4 Å². The van der Waals surface area contributed by atoms with Gasteiger partial charge in [-0.3, -0.25) is 14.4 Å². The minimum absolute atomic E-state index is 0.124. The number of amides is 3. The number of fused-ring (bicyclic) bond motifs is 1. The molecule has 9 heteroatoms. The van der Waals surface area contributed by atoms with Crippen molar-refractivity contribution in [3.8, 4) is 0 Å². The fourth-order valence-corrected chi connectivity index (χ4v) is 4.08. The molecule has 4 N–H and O–H groups in total. The molecule has 0 spiro atoms. The zero-order chi connectivity index (χ0) is 21.7. The highest BCUT2D eigenvalue weighted by Gasteiger charge is 2.20. The molecule has 30 heavy (non-hydrogen) atoms. The average molecular weight is 429 g/mol. The SMILES string of the molecule is COCc1c(C(=O)NCc2ccc(C(=O)NCC(N)=O)cc2)sc2cccc(F)c12. The lowest BCUT2D eigenvalue weighted by Crippen LogP contribution is -2.33. The van der Waals surface area contributed by atoms with Crippen LogP contribution in [0.1, 0.15) is 31.2 Å². The maximum absolute atomic E-state index is 14.3. The second-order valence-electron chi connectivity index (χ2n) is 6.48. The van der Waals surface area contributed by atoms with Crippen molar-refractivity contribution in [2.24, 2.45) is 5.73 Å². The first-order valence-corrected chi connectivity index (χ1v) is 9.84. The largest absolute Gasteiger partial charge is 0.380 e. The predicted octanol–water partition coefficient (Wildman–Crippen LogP) is 2.33. The highest BCUT2D eigenvalue weighted by atomic mass is 32.1. The fourth-order valence-electron chi connectivity index (χ4n) is 2.94. The molecule has 1 aromatic heterocycles. The van der Waals surface area contributed by atoms with Gasteiger partial charge in [-0.25, -0.2) is 4.39 Å². The minimum Gasteiger partial charge on any atom is -0.380 e. The summed E-state index contributed by atoms with van der Waals surface area (Å²) in [5.41, 5.74) is 6.66. The van der Waals surface area contributed by atoms with E-state index in [1.54, 1.807) is 36.4 Å². The summed E-state index contributed by atoms with van der Waals surface area (Å²) in [6.45, 7) is 0.111. The number of benzene rings is 2. The third kappa shape index (κ3) is 4.81. The molecular formula is C21H20FN3O4S. The third-order valence-corrected chi connectivity index (χ3v) is 5.55. The van der Waals surface area contributed by atoms with Gasteiger partial charge in [0.25, 0.3) is 11.8 Å². The molecule has 2 aromatic carbocycles. The van der Waals surface area contributed by atoms with Crippen molar-refractivity contribution in [1.82, 2.24) is 10.6 Å². The molecule has 0 saturated carbocycles. The summed E-state index contributed by atoms with van der Waals surface area (Å²) >= 11 is 1.21. The van der Waals surface area contributed by atoms with Gasteiger partial charge in [-0.05, 0) is 29.8 Å². The smallest absolute Gasteiger partial charge is 0.262 e. The molecule has 0 atom stereocenters. The Balaban J connectivity index is 1.70. The molecule has 0 unspecified atom stereocenters. The molecule has 0 aliphatic carbocycles. The number of thiophene rings is 1. The number of methoxy groups -OCH3 is 1. The van der Waals surface area contributed by atoms with E-state index < -0.39 is 11.8 Å². The van der Waals surface area contributed by atoms with Crippen molar-refractivity contribution in [3.05, 3.63) is 69.8 Å². The number of carbonyl (C=O) groups is 3. The fraction of sp³-hybridized carbons (Fsp3) is 0.190. The van der Waals surface area contributed by atoms with E-state index in [9.17, 15) is 18.8 Å². The lowest BCUT2D eigenvalue weighted by Gasteiger charge is -2.08. The Hall–Kier alpha value is -3.30. The second kappa shape index (κ2) is 9.47. The number of carbonyl (C=O) groups excluding carboxylic acids is 3. The van der Waals surface area contributed by atoms with Gasteiger partial charge >= 0.3 is 0 Å². The van der Waals surface area contributed by atoms with E-state index in [1.165, 1.54) is 24.5 Å². The minimum atomic E-state index is -0.628. The first kappa shape index (κ1) is 21.4. The van der Waals surface area contributed by atoms with Crippen LogP contribution in [0.2, 0.25) is 0 Å². The van der Waals surface area contributed by atoms with E-state index in [0.717, 1.165) is 5.56 Å². The van der Waals surface area contributed by atoms with Gasteiger partial charge in [0.1, 0.15) is 5.82 Å². The second-order valence-corrected chi connectivity index (χ2v) is 7.54. The summed E-state index contributed by atoms with van der Waals surface area (Å²) in [6, 6.07) is 11.3. The first-order chi connectivity index (χ1) is 14.4. The molecule has 0 fully saturated rings. The zero-order valence-electron chi connectivity index (χ0n) is 16.2. The van der Waals surface area contributed by atoms with Crippen LogP contribution in [0.15, 0.2) is 42.5 Å². The van der Waals surface area contributed by atoms with Crippen LogP contribution in [0.3, 0.4) is 0 Å². The third-order valence-electron chi connectivity index (χ3n) is 4.35. The topological polar surface area (TPSA) is 111 Å². The molecule has 156 valence electrons. The molecule has 3 rings (SSSR count). The summed E-state index contributed by atoms with van der Waals surface area (Å²) in [4.78, 5) is 35.8. The van der Waals surface area contributed by atoms with Crippen molar-refractivity contribution in [2.75, 3.05) is 13.7 Å². The Morgan fingerprint density at radius 2 is 1.80 bits per heavy atom. The average Bonchev–Trinajstić information content (AvgIpc) is 3.11. The van der Waals surface area contributed by atoms with Crippen molar-refractivity contribution in [3.63, 3.8) is 0 Å². The highest BCUT2D eigenvalue weighted by Crippen LogP contribution is 2.33. The number of hydrogen-bond donors (Lipinski definition) is 3. The molecule has 3 amide bonds. The van der Waals surface area contributed by atoms with E-state index in [0.29, 0.717) is 26.1 Å². The monoisotopic (exact) mass is 429 g/mol. The van der Waals surface area contributed by atoms with Crippen LogP contribution in [0, 0.1) is 5.82 Å². The maximum atomic E-state index is 14.3. The molecule has 7 nitrogen and oxygen atoms in total. The molecule has 0 bridgehead atoms. The Bertz CT molecular complexity index is 1100. The number of nitrogens with two attached hydrogens (primary N) is 1. The van der Waals surface area contributed by atoms with Gasteiger partial charge < -0.3 is 21.1 Å². The van der Waals surface area contributed by atoms with Crippen LogP contribution in [0.5, 0.6) is 0 Å². The van der Waals surface area contributed by atoms with Crippen molar-refractivity contribution in [1.29, 1.82) is 0 Å². The van der Waals surface area contributed by atoms with Crippen molar-refractivity contribution in [2.45, 2.75) is 13.2 Å². The van der Waals surface area contributed by atoms with Gasteiger partial charge in [0.05, 0.1) is 18.0 Å². The molecule has 0 saturated heterocycles. The number of primary amides is 1. The van der Waals surface area contributed by atoms with Gasteiger partial charge in [-0.2, -0.15) is 0 Å². The van der Waals surface area contributed by atoms with Crippen LogP contribution >= 0.6 is 11.3 Å². The lowest BCUT2D eigenvalue weighted by atomic mass is 10.1. The molecule has 3 aromatic rings. The van der Waals surface area contributed by atoms with Crippen LogP contribution in [-0.2, 0) is 22.7 Å². The van der Waals surface area contributed by atoms with E-state index in [4.69, 9.17) is 10.5 Å². The van der Waals surface area contributed by atoms with Gasteiger partial charge in [-0.1, -0.05) is 18.2 Å². The van der Waals surface area contributed by atoms with E-state index >= 15 is 0 Å². The van der Waals surface area contributed by atoms with Crippen LogP contribution in [0.25, 0.3) is 10.1 Å². The zero-order valence-corrected chi connectivity index (χ0v) is 17.0. The lowest BCUT2D eigenvalue weighted by molar-refractivity contribution is -0.117. The summed E-state index contributed by atoms with van der Waals surface area (Å²) in [7, 11) is 1.49. The quantitative estimate of drug-likeness (QED) is 0.510. The Kier molecular flexibility index (Phi) is 6.76. The predicted molar refractivity (Wildman–Crippen MR) is 112 cm³/mol. The molecule has 0 aliphatic heterocycles. The number of halogens is 1.